The zero-order valence-electron chi connectivity index (χ0n) is 7.28. The van der Waals surface area contributed by atoms with E-state index in [1.54, 1.807) is 0 Å². The van der Waals surface area contributed by atoms with E-state index in [-0.39, 0.29) is 10.1 Å². The van der Waals surface area contributed by atoms with E-state index in [1.807, 2.05) is 23.5 Å². The quantitative estimate of drug-likeness (QED) is 0.689. The highest BCUT2D eigenvalue weighted by atomic mass is 32.2. The van der Waals surface area contributed by atoms with Gasteiger partial charge in [0.25, 0.3) is 0 Å². The van der Waals surface area contributed by atoms with Crippen LogP contribution in [0.4, 0.5) is 0 Å². The predicted octanol–water partition coefficient (Wildman–Crippen LogP) is 0.999. The van der Waals surface area contributed by atoms with Gasteiger partial charge >= 0.3 is 5.97 Å². The molecule has 0 aromatic carbocycles. The van der Waals surface area contributed by atoms with Crippen molar-refractivity contribution in [1.29, 1.82) is 0 Å². The van der Waals surface area contributed by atoms with Crippen molar-refractivity contribution in [3.63, 3.8) is 0 Å². The number of carboxylic acid groups (broad SMARTS) is 1. The molecule has 0 amide bonds. The molecule has 0 radical (unpaired) electrons. The van der Waals surface area contributed by atoms with E-state index in [2.05, 4.69) is 5.32 Å². The van der Waals surface area contributed by atoms with Crippen molar-refractivity contribution in [3.05, 3.63) is 0 Å². The molecule has 2 saturated heterocycles. The van der Waals surface area contributed by atoms with Crippen LogP contribution in [0.15, 0.2) is 0 Å². The summed E-state index contributed by atoms with van der Waals surface area (Å²) in [6.07, 6.45) is 2.03. The maximum Gasteiger partial charge on any atom is 0.320 e. The second-order valence-electron chi connectivity index (χ2n) is 3.44. The fourth-order valence-corrected chi connectivity index (χ4v) is 5.02. The molecule has 1 spiro atoms. The third-order valence-corrected chi connectivity index (χ3v) is 5.82. The highest BCUT2D eigenvalue weighted by molar-refractivity contribution is 8.18. The van der Waals surface area contributed by atoms with Gasteiger partial charge in [0, 0.05) is 6.54 Å². The molecule has 1 atom stereocenters. The molecule has 2 fully saturated rings. The van der Waals surface area contributed by atoms with Crippen molar-refractivity contribution in [2.75, 3.05) is 18.1 Å². The van der Waals surface area contributed by atoms with Crippen molar-refractivity contribution in [2.24, 2.45) is 0 Å². The molecule has 0 bridgehead atoms. The van der Waals surface area contributed by atoms with Crippen molar-refractivity contribution in [2.45, 2.75) is 23.0 Å². The molecule has 0 aromatic heterocycles. The van der Waals surface area contributed by atoms with E-state index in [1.165, 1.54) is 17.9 Å². The number of thioether (sulfide) groups is 2. The fraction of sp³-hybridized carbons (Fsp3) is 0.875. The minimum absolute atomic E-state index is 0.168. The van der Waals surface area contributed by atoms with Crippen LogP contribution in [0.1, 0.15) is 12.8 Å². The van der Waals surface area contributed by atoms with Gasteiger partial charge in [-0.15, -0.1) is 23.5 Å². The lowest BCUT2D eigenvalue weighted by Crippen LogP contribution is -2.30. The van der Waals surface area contributed by atoms with Crippen LogP contribution in [0.3, 0.4) is 0 Å². The van der Waals surface area contributed by atoms with E-state index >= 15 is 0 Å². The second kappa shape index (κ2) is 3.71. The molecule has 5 heteroatoms. The molecule has 1 unspecified atom stereocenters. The second-order valence-corrected chi connectivity index (χ2v) is 6.65. The molecule has 0 aromatic rings. The Morgan fingerprint density at radius 3 is 2.69 bits per heavy atom. The largest absolute Gasteiger partial charge is 0.480 e. The van der Waals surface area contributed by atoms with Crippen LogP contribution in [-0.2, 0) is 4.79 Å². The summed E-state index contributed by atoms with van der Waals surface area (Å²) in [5.41, 5.74) is 0. The van der Waals surface area contributed by atoms with E-state index in [9.17, 15) is 4.79 Å². The molecule has 2 heterocycles. The summed E-state index contributed by atoms with van der Waals surface area (Å²) in [4.78, 5) is 10.7. The molecule has 2 rings (SSSR count). The molecule has 0 aliphatic carbocycles. The number of rotatable bonds is 1. The Labute approximate surface area is 86.0 Å². The Balaban J connectivity index is 1.98. The van der Waals surface area contributed by atoms with Gasteiger partial charge in [0.2, 0.25) is 0 Å². The van der Waals surface area contributed by atoms with Crippen molar-refractivity contribution < 1.29 is 9.90 Å². The topological polar surface area (TPSA) is 49.3 Å². The molecule has 0 saturated carbocycles. The van der Waals surface area contributed by atoms with Crippen LogP contribution in [0.25, 0.3) is 0 Å². The van der Waals surface area contributed by atoms with Gasteiger partial charge in [-0.3, -0.25) is 4.79 Å². The summed E-state index contributed by atoms with van der Waals surface area (Å²) in [6.45, 7) is 0.847. The highest BCUT2D eigenvalue weighted by Crippen LogP contribution is 2.47. The van der Waals surface area contributed by atoms with E-state index in [0.717, 1.165) is 13.0 Å². The number of carboxylic acids is 1. The standard InChI is InChI=1S/C8H13NO2S2/c10-7(11)6-4-8(5-9-6)12-2-1-3-13-8/h6,9H,1-5H2,(H,10,11). The summed E-state index contributed by atoms with van der Waals surface area (Å²) in [5, 5.41) is 11.9. The zero-order valence-corrected chi connectivity index (χ0v) is 8.92. The first kappa shape index (κ1) is 9.68. The van der Waals surface area contributed by atoms with Gasteiger partial charge in [-0.1, -0.05) is 0 Å². The average molecular weight is 219 g/mol. The molecule has 74 valence electrons. The maximum absolute atomic E-state index is 10.7. The summed E-state index contributed by atoms with van der Waals surface area (Å²) in [6, 6.07) is -0.321. The number of nitrogens with one attached hydrogen (secondary N) is 1. The zero-order chi connectivity index (χ0) is 9.31. The van der Waals surface area contributed by atoms with E-state index in [0.29, 0.717) is 0 Å². The van der Waals surface area contributed by atoms with Crippen molar-refractivity contribution in [1.82, 2.24) is 5.32 Å². The average Bonchev–Trinajstić information content (AvgIpc) is 2.51. The Hall–Kier alpha value is 0.130. The Kier molecular flexibility index (Phi) is 2.76. The van der Waals surface area contributed by atoms with Gasteiger partial charge < -0.3 is 10.4 Å². The lowest BCUT2D eigenvalue weighted by atomic mass is 10.2. The molecule has 3 nitrogen and oxygen atoms in total. The summed E-state index contributed by atoms with van der Waals surface area (Å²) in [7, 11) is 0. The van der Waals surface area contributed by atoms with Crippen LogP contribution in [0.5, 0.6) is 0 Å². The predicted molar refractivity (Wildman–Crippen MR) is 56.3 cm³/mol. The molecular formula is C8H13NO2S2. The summed E-state index contributed by atoms with van der Waals surface area (Å²) in [5.74, 6) is 1.66. The number of aliphatic carboxylic acids is 1. The van der Waals surface area contributed by atoms with E-state index in [4.69, 9.17) is 5.11 Å². The molecule has 2 aliphatic heterocycles. The van der Waals surface area contributed by atoms with Crippen LogP contribution in [0, 0.1) is 0 Å². The van der Waals surface area contributed by atoms with Crippen LogP contribution >= 0.6 is 23.5 Å². The fourth-order valence-electron chi connectivity index (χ4n) is 1.75. The normalized spacial score (nSPS) is 32.2. The lowest BCUT2D eigenvalue weighted by Gasteiger charge is -2.31. The smallest absolute Gasteiger partial charge is 0.320 e. The third kappa shape index (κ3) is 1.97. The van der Waals surface area contributed by atoms with Gasteiger partial charge in [-0.05, 0) is 24.3 Å². The highest BCUT2D eigenvalue weighted by Gasteiger charge is 2.43. The number of hydrogen-bond donors (Lipinski definition) is 2. The summed E-state index contributed by atoms with van der Waals surface area (Å²) < 4.78 is 0.168. The van der Waals surface area contributed by atoms with Gasteiger partial charge in [-0.25, -0.2) is 0 Å². The first-order valence-electron chi connectivity index (χ1n) is 4.46. The van der Waals surface area contributed by atoms with E-state index < -0.39 is 5.97 Å². The minimum Gasteiger partial charge on any atom is -0.480 e. The summed E-state index contributed by atoms with van der Waals surface area (Å²) >= 11 is 3.86. The number of carbonyl (C=O) groups is 1. The number of hydrogen-bond acceptors (Lipinski definition) is 4. The van der Waals surface area contributed by atoms with Gasteiger partial charge in [0.15, 0.2) is 0 Å². The molecule has 13 heavy (non-hydrogen) atoms. The minimum atomic E-state index is -0.705. The van der Waals surface area contributed by atoms with Crippen LogP contribution in [0.2, 0.25) is 0 Å². The first-order chi connectivity index (χ1) is 6.22. The van der Waals surface area contributed by atoms with Crippen LogP contribution < -0.4 is 5.32 Å². The van der Waals surface area contributed by atoms with Gasteiger partial charge in [0.1, 0.15) is 6.04 Å². The van der Waals surface area contributed by atoms with Gasteiger partial charge in [-0.2, -0.15) is 0 Å². The first-order valence-corrected chi connectivity index (χ1v) is 6.43. The molecule has 2 N–H and O–H groups in total. The third-order valence-electron chi connectivity index (χ3n) is 2.45. The molecular weight excluding hydrogens is 206 g/mol. The SMILES string of the molecule is O=C(O)C1CC2(CN1)SCCCS2. The Morgan fingerprint density at radius 1 is 1.46 bits per heavy atom. The van der Waals surface area contributed by atoms with Crippen molar-refractivity contribution >= 4 is 29.5 Å². The van der Waals surface area contributed by atoms with Gasteiger partial charge in [0.05, 0.1) is 4.08 Å². The Bertz CT molecular complexity index is 216. The maximum atomic E-state index is 10.7. The lowest BCUT2D eigenvalue weighted by molar-refractivity contribution is -0.139. The molecule has 2 aliphatic rings. The monoisotopic (exact) mass is 219 g/mol. The van der Waals surface area contributed by atoms with Crippen molar-refractivity contribution in [3.8, 4) is 0 Å². The van der Waals surface area contributed by atoms with Crippen LogP contribution in [-0.4, -0.2) is 39.2 Å². The Morgan fingerprint density at radius 2 is 2.15 bits per heavy atom.